The molecule has 5 rings (SSSR count). The maximum Gasteiger partial charge on any atom is 0.0722 e. The number of fused-ring (bicyclic) bond motifs is 2. The molecule has 27 heavy (non-hydrogen) atoms. The molecule has 1 aromatic heterocycles. The van der Waals surface area contributed by atoms with Crippen molar-refractivity contribution < 1.29 is 0 Å². The molecule has 0 fully saturated rings. The third kappa shape index (κ3) is 3.02. The van der Waals surface area contributed by atoms with Gasteiger partial charge in [-0.15, -0.1) is 0 Å². The van der Waals surface area contributed by atoms with E-state index in [1.165, 1.54) is 27.3 Å². The lowest BCUT2D eigenvalue weighted by Gasteiger charge is -2.12. The molecule has 0 amide bonds. The fraction of sp³-hybridized carbons (Fsp3) is 0. The lowest BCUT2D eigenvalue weighted by Crippen LogP contribution is -1.90. The number of rotatable bonds is 2. The van der Waals surface area contributed by atoms with Gasteiger partial charge in [-0.3, -0.25) is 0 Å². The van der Waals surface area contributed by atoms with Gasteiger partial charge in [-0.05, 0) is 52.2 Å². The van der Waals surface area contributed by atoms with E-state index in [2.05, 4.69) is 113 Å². The standard InChI is InChI=1S/C25H16BrN/c26-21-12-10-18(11-13-21)24-16-22(17-6-2-1-3-7-17)23-14-19-8-4-5-9-20(19)15-25(23)27-24/h1-16H. The van der Waals surface area contributed by atoms with Crippen LogP contribution < -0.4 is 0 Å². The molecule has 0 bridgehead atoms. The second-order valence-electron chi connectivity index (χ2n) is 6.64. The monoisotopic (exact) mass is 409 g/mol. The molecule has 0 N–H and O–H groups in total. The highest BCUT2D eigenvalue weighted by Gasteiger charge is 2.11. The van der Waals surface area contributed by atoms with Crippen LogP contribution in [0.5, 0.6) is 0 Å². The number of nitrogens with zero attached hydrogens (tertiary/aromatic N) is 1. The summed E-state index contributed by atoms with van der Waals surface area (Å²) >= 11 is 3.52. The van der Waals surface area contributed by atoms with Crippen molar-refractivity contribution in [1.29, 1.82) is 0 Å². The van der Waals surface area contributed by atoms with Crippen molar-refractivity contribution in [1.82, 2.24) is 4.98 Å². The maximum absolute atomic E-state index is 5.00. The Morgan fingerprint density at radius 2 is 1.26 bits per heavy atom. The van der Waals surface area contributed by atoms with Crippen molar-refractivity contribution in [3.8, 4) is 22.4 Å². The molecule has 0 saturated heterocycles. The number of hydrogen-bond donors (Lipinski definition) is 0. The lowest BCUT2D eigenvalue weighted by atomic mass is 9.96. The number of pyridine rings is 1. The Balaban J connectivity index is 1.85. The Labute approximate surface area is 166 Å². The fourth-order valence-corrected chi connectivity index (χ4v) is 3.80. The largest absolute Gasteiger partial charge is 0.248 e. The van der Waals surface area contributed by atoms with Crippen LogP contribution in [0.25, 0.3) is 44.1 Å². The third-order valence-corrected chi connectivity index (χ3v) is 5.43. The highest BCUT2D eigenvalue weighted by molar-refractivity contribution is 9.10. The van der Waals surface area contributed by atoms with E-state index in [-0.39, 0.29) is 0 Å². The van der Waals surface area contributed by atoms with Crippen molar-refractivity contribution in [2.75, 3.05) is 0 Å². The van der Waals surface area contributed by atoms with Crippen LogP contribution in [0.1, 0.15) is 0 Å². The normalized spacial score (nSPS) is 11.1. The van der Waals surface area contributed by atoms with Gasteiger partial charge in [-0.25, -0.2) is 4.98 Å². The van der Waals surface area contributed by atoms with Gasteiger partial charge < -0.3 is 0 Å². The minimum atomic E-state index is 0.990. The zero-order chi connectivity index (χ0) is 18.2. The summed E-state index contributed by atoms with van der Waals surface area (Å²) in [5.41, 5.74) is 5.55. The van der Waals surface area contributed by atoms with Crippen LogP contribution in [0.4, 0.5) is 0 Å². The van der Waals surface area contributed by atoms with E-state index in [9.17, 15) is 0 Å². The Morgan fingerprint density at radius 3 is 2.00 bits per heavy atom. The molecule has 1 heterocycles. The van der Waals surface area contributed by atoms with Crippen LogP contribution in [-0.4, -0.2) is 4.98 Å². The zero-order valence-electron chi connectivity index (χ0n) is 14.6. The second kappa shape index (κ2) is 6.64. The molecule has 0 radical (unpaired) electrons. The topological polar surface area (TPSA) is 12.9 Å². The van der Waals surface area contributed by atoms with Gasteiger partial charge in [-0.1, -0.05) is 82.7 Å². The van der Waals surface area contributed by atoms with Crippen LogP contribution in [0.15, 0.2) is 102 Å². The van der Waals surface area contributed by atoms with E-state index in [1.807, 2.05) is 0 Å². The quantitative estimate of drug-likeness (QED) is 0.275. The number of aromatic nitrogens is 1. The molecule has 0 aliphatic heterocycles. The molecule has 128 valence electrons. The van der Waals surface area contributed by atoms with Crippen molar-refractivity contribution >= 4 is 37.6 Å². The van der Waals surface area contributed by atoms with E-state index >= 15 is 0 Å². The Hall–Kier alpha value is -2.97. The van der Waals surface area contributed by atoms with Gasteiger partial charge in [-0.2, -0.15) is 0 Å². The third-order valence-electron chi connectivity index (χ3n) is 4.90. The molecular weight excluding hydrogens is 394 g/mol. The van der Waals surface area contributed by atoms with Crippen LogP contribution >= 0.6 is 15.9 Å². The molecule has 0 aliphatic rings. The first-order chi connectivity index (χ1) is 13.3. The Morgan fingerprint density at radius 1 is 0.593 bits per heavy atom. The number of benzene rings is 4. The molecule has 0 saturated carbocycles. The molecule has 2 heteroatoms. The van der Waals surface area contributed by atoms with Crippen molar-refractivity contribution in [3.05, 3.63) is 102 Å². The second-order valence-corrected chi connectivity index (χ2v) is 7.56. The summed E-state index contributed by atoms with van der Waals surface area (Å²) in [4.78, 5) is 5.00. The summed E-state index contributed by atoms with van der Waals surface area (Å²) in [7, 11) is 0. The van der Waals surface area contributed by atoms with Gasteiger partial charge in [0.15, 0.2) is 0 Å². The summed E-state index contributed by atoms with van der Waals surface area (Å²) in [6.45, 7) is 0. The van der Waals surface area contributed by atoms with Gasteiger partial charge in [0.05, 0.1) is 11.2 Å². The van der Waals surface area contributed by atoms with Crippen LogP contribution in [0.3, 0.4) is 0 Å². The summed E-state index contributed by atoms with van der Waals surface area (Å²) in [6, 6.07) is 34.0. The molecular formula is C25H16BrN. The fourth-order valence-electron chi connectivity index (χ4n) is 3.54. The van der Waals surface area contributed by atoms with Crippen molar-refractivity contribution in [3.63, 3.8) is 0 Å². The SMILES string of the molecule is Brc1ccc(-c2cc(-c3ccccc3)c3cc4ccccc4cc3n2)cc1. The molecule has 1 nitrogen and oxygen atoms in total. The summed E-state index contributed by atoms with van der Waals surface area (Å²) in [6.07, 6.45) is 0. The summed E-state index contributed by atoms with van der Waals surface area (Å²) in [5, 5.41) is 3.63. The predicted octanol–water partition coefficient (Wildman–Crippen LogP) is 7.48. The van der Waals surface area contributed by atoms with Crippen molar-refractivity contribution in [2.24, 2.45) is 0 Å². The van der Waals surface area contributed by atoms with Gasteiger partial charge in [0, 0.05) is 15.4 Å². The van der Waals surface area contributed by atoms with Crippen LogP contribution in [0.2, 0.25) is 0 Å². The van der Waals surface area contributed by atoms with E-state index in [0.717, 1.165) is 21.2 Å². The summed E-state index contributed by atoms with van der Waals surface area (Å²) in [5.74, 6) is 0. The first-order valence-electron chi connectivity index (χ1n) is 8.93. The minimum absolute atomic E-state index is 0.990. The minimum Gasteiger partial charge on any atom is -0.248 e. The molecule has 4 aromatic carbocycles. The van der Waals surface area contributed by atoms with E-state index in [0.29, 0.717) is 0 Å². The van der Waals surface area contributed by atoms with Crippen LogP contribution in [-0.2, 0) is 0 Å². The van der Waals surface area contributed by atoms with E-state index in [1.54, 1.807) is 0 Å². The maximum atomic E-state index is 5.00. The number of halogens is 1. The lowest BCUT2D eigenvalue weighted by molar-refractivity contribution is 1.40. The first-order valence-corrected chi connectivity index (χ1v) is 9.72. The number of hydrogen-bond acceptors (Lipinski definition) is 1. The highest BCUT2D eigenvalue weighted by Crippen LogP contribution is 2.34. The van der Waals surface area contributed by atoms with Gasteiger partial charge >= 0.3 is 0 Å². The molecule has 0 aliphatic carbocycles. The molecule has 0 spiro atoms. The Kier molecular flexibility index (Phi) is 3.99. The van der Waals surface area contributed by atoms with Crippen LogP contribution in [0, 0.1) is 0 Å². The smallest absolute Gasteiger partial charge is 0.0722 e. The Bertz CT molecular complexity index is 1260. The van der Waals surface area contributed by atoms with Gasteiger partial charge in [0.2, 0.25) is 0 Å². The van der Waals surface area contributed by atoms with E-state index in [4.69, 9.17) is 4.98 Å². The average molecular weight is 410 g/mol. The highest BCUT2D eigenvalue weighted by atomic mass is 79.9. The molecule has 0 unspecified atom stereocenters. The van der Waals surface area contributed by atoms with Gasteiger partial charge in [0.25, 0.3) is 0 Å². The predicted molar refractivity (Wildman–Crippen MR) is 118 cm³/mol. The summed E-state index contributed by atoms with van der Waals surface area (Å²) < 4.78 is 1.07. The molecule has 0 atom stereocenters. The zero-order valence-corrected chi connectivity index (χ0v) is 16.1. The average Bonchev–Trinajstić information content (AvgIpc) is 2.72. The van der Waals surface area contributed by atoms with Gasteiger partial charge in [0.1, 0.15) is 0 Å². The molecule has 5 aromatic rings. The first kappa shape index (κ1) is 16.2. The van der Waals surface area contributed by atoms with Crippen molar-refractivity contribution in [2.45, 2.75) is 0 Å². The van der Waals surface area contributed by atoms with E-state index < -0.39 is 0 Å².